The van der Waals surface area contributed by atoms with Crippen molar-refractivity contribution in [3.63, 3.8) is 0 Å². The summed E-state index contributed by atoms with van der Waals surface area (Å²) >= 11 is 0. The van der Waals surface area contributed by atoms with Crippen molar-refractivity contribution < 1.29 is 0 Å². The predicted molar refractivity (Wildman–Crippen MR) is 50.3 cm³/mol. The molecule has 0 bridgehead atoms. The average molecular weight is 144 g/mol. The van der Waals surface area contributed by atoms with Crippen molar-refractivity contribution in [2.45, 2.75) is 0 Å². The Morgan fingerprint density at radius 1 is 1.11 bits per heavy atom. The summed E-state index contributed by atoms with van der Waals surface area (Å²) in [5.74, 6) is 0. The molecule has 0 aliphatic carbocycles. The van der Waals surface area contributed by atoms with E-state index in [0.29, 0.717) is 0 Å². The van der Waals surface area contributed by atoms with Crippen LogP contribution in [0.3, 0.4) is 0 Å². The molecule has 0 aromatic rings. The summed E-state index contributed by atoms with van der Waals surface area (Å²) in [6.07, 6.45) is 6.46. The Kier molecular flexibility index (Phi) is 3.81. The first-order valence-electron chi connectivity index (χ1n) is 3.34. The van der Waals surface area contributed by atoms with Gasteiger partial charge in [0.25, 0.3) is 0 Å². The van der Waals surface area contributed by atoms with E-state index >= 15 is 0 Å². The van der Waals surface area contributed by atoms with Crippen molar-refractivity contribution in [1.29, 1.82) is 0 Å². The van der Waals surface area contributed by atoms with Crippen LogP contribution in [0.1, 0.15) is 0 Å². The van der Waals surface area contributed by atoms with Crippen LogP contribution in [-0.2, 0) is 0 Å². The summed E-state index contributed by atoms with van der Waals surface area (Å²) in [5.41, 5.74) is 0. The molecule has 0 radical (unpaired) electrons. The SMILES string of the molecule is C=CC[PH](C)(C)CC=C. The van der Waals surface area contributed by atoms with Crippen molar-refractivity contribution in [2.24, 2.45) is 0 Å². The van der Waals surface area contributed by atoms with Gasteiger partial charge >= 0.3 is 58.2 Å². The standard InChI is InChI=1S/C8H17P/c1-5-7-9(3,4)8-6-2/h5-6,9H,1-2,7-8H2,3-4H3. The third-order valence-corrected chi connectivity index (χ3v) is 4.18. The molecule has 0 aromatic heterocycles. The summed E-state index contributed by atoms with van der Waals surface area (Å²) in [4.78, 5) is 0. The van der Waals surface area contributed by atoms with Crippen LogP contribution >= 0.6 is 7.26 Å². The molecule has 54 valence electrons. The van der Waals surface area contributed by atoms with Crippen LogP contribution in [0, 0.1) is 0 Å². The van der Waals surface area contributed by atoms with Crippen molar-refractivity contribution in [1.82, 2.24) is 0 Å². The van der Waals surface area contributed by atoms with E-state index in [1.807, 2.05) is 12.2 Å². The maximum absolute atomic E-state index is 3.73. The van der Waals surface area contributed by atoms with Gasteiger partial charge < -0.3 is 0 Å². The topological polar surface area (TPSA) is 0 Å². The van der Waals surface area contributed by atoms with E-state index in [1.165, 1.54) is 12.3 Å². The Morgan fingerprint density at radius 3 is 1.67 bits per heavy atom. The summed E-state index contributed by atoms with van der Waals surface area (Å²) < 4.78 is 0. The Hall–Kier alpha value is -0.0900. The van der Waals surface area contributed by atoms with Crippen molar-refractivity contribution in [3.8, 4) is 0 Å². The van der Waals surface area contributed by atoms with Crippen LogP contribution < -0.4 is 0 Å². The van der Waals surface area contributed by atoms with Crippen LogP contribution in [0.4, 0.5) is 0 Å². The Labute approximate surface area is 59.0 Å². The van der Waals surface area contributed by atoms with Crippen LogP contribution in [0.2, 0.25) is 0 Å². The van der Waals surface area contributed by atoms with Crippen molar-refractivity contribution in [2.75, 3.05) is 25.7 Å². The van der Waals surface area contributed by atoms with E-state index in [2.05, 4.69) is 26.5 Å². The molecule has 0 nitrogen and oxygen atoms in total. The number of hydrogen-bond donors (Lipinski definition) is 0. The van der Waals surface area contributed by atoms with Crippen molar-refractivity contribution in [3.05, 3.63) is 25.3 Å². The molecular formula is C8H17P. The molecule has 0 spiro atoms. The molecular weight excluding hydrogens is 127 g/mol. The molecule has 0 saturated heterocycles. The van der Waals surface area contributed by atoms with Crippen LogP contribution in [0.5, 0.6) is 0 Å². The molecule has 0 amide bonds. The summed E-state index contributed by atoms with van der Waals surface area (Å²) in [6, 6.07) is 0. The van der Waals surface area contributed by atoms with Gasteiger partial charge in [0.05, 0.1) is 0 Å². The minimum absolute atomic E-state index is 0.939. The molecule has 0 N–H and O–H groups in total. The number of rotatable bonds is 4. The third kappa shape index (κ3) is 4.42. The molecule has 1 heteroatoms. The fourth-order valence-corrected chi connectivity index (χ4v) is 2.59. The summed E-state index contributed by atoms with van der Waals surface area (Å²) in [6.45, 7) is 12.2. The quantitative estimate of drug-likeness (QED) is 0.419. The summed E-state index contributed by atoms with van der Waals surface area (Å²) in [7, 11) is -0.939. The molecule has 0 rings (SSSR count). The van der Waals surface area contributed by atoms with E-state index in [0.717, 1.165) is 0 Å². The normalized spacial score (nSPS) is 12.7. The second kappa shape index (κ2) is 3.85. The third-order valence-electron chi connectivity index (χ3n) is 1.39. The number of allylic oxidation sites excluding steroid dienone is 2. The average Bonchev–Trinajstić information content (AvgIpc) is 1.64. The molecule has 0 saturated carbocycles. The number of hydrogen-bond acceptors (Lipinski definition) is 0. The first-order chi connectivity index (χ1) is 4.12. The zero-order valence-electron chi connectivity index (χ0n) is 6.48. The van der Waals surface area contributed by atoms with Gasteiger partial charge in [-0.25, -0.2) is 0 Å². The minimum atomic E-state index is -0.939. The fourth-order valence-electron chi connectivity index (χ4n) is 0.865. The van der Waals surface area contributed by atoms with E-state index in [1.54, 1.807) is 0 Å². The van der Waals surface area contributed by atoms with E-state index in [4.69, 9.17) is 0 Å². The van der Waals surface area contributed by atoms with Crippen LogP contribution in [0.25, 0.3) is 0 Å². The van der Waals surface area contributed by atoms with Gasteiger partial charge in [-0.1, -0.05) is 0 Å². The Balaban J connectivity index is 3.68. The van der Waals surface area contributed by atoms with Gasteiger partial charge in [-0.15, -0.1) is 0 Å². The van der Waals surface area contributed by atoms with Gasteiger partial charge in [-0.2, -0.15) is 0 Å². The zero-order chi connectivity index (χ0) is 7.33. The van der Waals surface area contributed by atoms with Gasteiger partial charge in [0.2, 0.25) is 0 Å². The first kappa shape index (κ1) is 8.91. The van der Waals surface area contributed by atoms with Crippen molar-refractivity contribution >= 4 is 7.26 Å². The van der Waals surface area contributed by atoms with E-state index < -0.39 is 7.26 Å². The van der Waals surface area contributed by atoms with E-state index in [-0.39, 0.29) is 0 Å². The Bertz CT molecular complexity index is 91.1. The van der Waals surface area contributed by atoms with Gasteiger partial charge in [-0.3, -0.25) is 0 Å². The molecule has 9 heavy (non-hydrogen) atoms. The van der Waals surface area contributed by atoms with Crippen LogP contribution in [0.15, 0.2) is 25.3 Å². The zero-order valence-corrected chi connectivity index (χ0v) is 7.48. The molecule has 0 heterocycles. The molecule has 0 unspecified atom stereocenters. The van der Waals surface area contributed by atoms with E-state index in [9.17, 15) is 0 Å². The monoisotopic (exact) mass is 144 g/mol. The van der Waals surface area contributed by atoms with Gasteiger partial charge in [-0.05, 0) is 0 Å². The van der Waals surface area contributed by atoms with Gasteiger partial charge in [0.15, 0.2) is 0 Å². The van der Waals surface area contributed by atoms with Gasteiger partial charge in [0, 0.05) is 0 Å². The predicted octanol–water partition coefficient (Wildman–Crippen LogP) is 2.37. The van der Waals surface area contributed by atoms with Gasteiger partial charge in [0.1, 0.15) is 0 Å². The molecule has 0 aliphatic heterocycles. The fraction of sp³-hybridized carbons (Fsp3) is 0.500. The first-order valence-corrected chi connectivity index (χ1v) is 6.75. The molecule has 0 atom stereocenters. The molecule has 0 fully saturated rings. The molecule has 0 aromatic carbocycles. The maximum atomic E-state index is 3.73. The molecule has 0 aliphatic rings. The summed E-state index contributed by atoms with van der Waals surface area (Å²) in [5, 5.41) is 0. The Morgan fingerprint density at radius 2 is 1.44 bits per heavy atom. The second-order valence-electron chi connectivity index (χ2n) is 3.15. The van der Waals surface area contributed by atoms with Crippen LogP contribution in [-0.4, -0.2) is 25.7 Å². The second-order valence-corrected chi connectivity index (χ2v) is 8.29.